The normalized spacial score (nSPS) is 17.7. The van der Waals surface area contributed by atoms with Crippen molar-refractivity contribution in [3.8, 4) is 0 Å². The third-order valence-electron chi connectivity index (χ3n) is 5.40. The molecule has 152 valence electrons. The molecule has 9 heteroatoms. The molecule has 1 atom stereocenters. The van der Waals surface area contributed by atoms with E-state index in [2.05, 4.69) is 5.32 Å². The molecule has 29 heavy (non-hydrogen) atoms. The van der Waals surface area contributed by atoms with Crippen LogP contribution in [0.2, 0.25) is 0 Å². The highest BCUT2D eigenvalue weighted by molar-refractivity contribution is 7.89. The number of fused-ring (bicyclic) bond motifs is 1. The molecule has 2 aromatic carbocycles. The number of nitrogens with one attached hydrogen (secondary N) is 1. The third-order valence-corrected chi connectivity index (χ3v) is 7.32. The van der Waals surface area contributed by atoms with Crippen LogP contribution in [0.4, 0.5) is 5.69 Å². The van der Waals surface area contributed by atoms with Crippen LogP contribution in [0.25, 0.3) is 11.0 Å². The van der Waals surface area contributed by atoms with Crippen molar-refractivity contribution in [3.63, 3.8) is 0 Å². The zero-order chi connectivity index (χ0) is 20.8. The van der Waals surface area contributed by atoms with Gasteiger partial charge in [0.05, 0.1) is 15.9 Å². The number of aryl methyl sites for hydroxylation is 2. The highest BCUT2D eigenvalue weighted by Gasteiger charge is 2.39. The molecule has 0 aliphatic carbocycles. The number of aromatic nitrogens is 2. The van der Waals surface area contributed by atoms with Crippen LogP contribution in [0.3, 0.4) is 0 Å². The van der Waals surface area contributed by atoms with Crippen molar-refractivity contribution in [3.05, 3.63) is 59.0 Å². The molecule has 1 N–H and O–H groups in total. The van der Waals surface area contributed by atoms with Gasteiger partial charge in [-0.05, 0) is 43.2 Å². The number of sulfonamides is 1. The fourth-order valence-corrected chi connectivity index (χ4v) is 5.51. The van der Waals surface area contributed by atoms with Crippen LogP contribution in [-0.2, 0) is 28.9 Å². The second kappa shape index (κ2) is 7.16. The van der Waals surface area contributed by atoms with E-state index in [-0.39, 0.29) is 16.5 Å². The number of imidazole rings is 1. The van der Waals surface area contributed by atoms with E-state index in [1.807, 2.05) is 0 Å². The van der Waals surface area contributed by atoms with Crippen molar-refractivity contribution in [1.29, 1.82) is 0 Å². The lowest BCUT2D eigenvalue weighted by Gasteiger charge is -2.23. The van der Waals surface area contributed by atoms with Gasteiger partial charge in [0, 0.05) is 26.3 Å². The van der Waals surface area contributed by atoms with Gasteiger partial charge < -0.3 is 5.32 Å². The van der Waals surface area contributed by atoms with Crippen molar-refractivity contribution in [2.24, 2.45) is 14.1 Å². The van der Waals surface area contributed by atoms with Gasteiger partial charge in [-0.2, -0.15) is 4.31 Å². The van der Waals surface area contributed by atoms with Crippen LogP contribution in [0.1, 0.15) is 12.8 Å². The van der Waals surface area contributed by atoms with E-state index in [0.29, 0.717) is 30.6 Å². The third kappa shape index (κ3) is 3.26. The Bertz CT molecular complexity index is 1240. The lowest BCUT2D eigenvalue weighted by Crippen LogP contribution is -2.43. The van der Waals surface area contributed by atoms with E-state index in [0.717, 1.165) is 5.52 Å². The molecule has 3 aromatic rings. The smallest absolute Gasteiger partial charge is 0.325 e. The maximum absolute atomic E-state index is 13.0. The molecule has 1 amide bonds. The SMILES string of the molecule is Cn1c(=O)n(C)c2cc(NC(=O)C3CCCN3S(=O)(=O)c3ccccc3)ccc21. The fourth-order valence-electron chi connectivity index (χ4n) is 3.83. The van der Waals surface area contributed by atoms with Crippen LogP contribution in [-0.4, -0.2) is 40.4 Å². The molecule has 0 saturated carbocycles. The maximum Gasteiger partial charge on any atom is 0.328 e. The molecule has 1 aromatic heterocycles. The van der Waals surface area contributed by atoms with Gasteiger partial charge in [0.1, 0.15) is 6.04 Å². The lowest BCUT2D eigenvalue weighted by molar-refractivity contribution is -0.119. The Labute approximate surface area is 168 Å². The summed E-state index contributed by atoms with van der Waals surface area (Å²) in [5, 5.41) is 2.82. The largest absolute Gasteiger partial charge is 0.328 e. The van der Waals surface area contributed by atoms with Crippen molar-refractivity contribution < 1.29 is 13.2 Å². The maximum atomic E-state index is 13.0. The van der Waals surface area contributed by atoms with Crippen LogP contribution in [0.5, 0.6) is 0 Å². The highest BCUT2D eigenvalue weighted by Crippen LogP contribution is 2.27. The molecular formula is C20H22N4O4S. The summed E-state index contributed by atoms with van der Waals surface area (Å²) in [7, 11) is -0.389. The molecule has 8 nitrogen and oxygen atoms in total. The number of hydrogen-bond acceptors (Lipinski definition) is 4. The first-order chi connectivity index (χ1) is 13.8. The van der Waals surface area contributed by atoms with Crippen LogP contribution >= 0.6 is 0 Å². The standard InChI is InChI=1S/C20H22N4O4S/c1-22-16-11-10-14(13-18(16)23(2)20(22)26)21-19(25)17-9-6-12-24(17)29(27,28)15-7-4-3-5-8-15/h3-5,7-8,10-11,13,17H,6,9,12H2,1-2H3,(H,21,25). The summed E-state index contributed by atoms with van der Waals surface area (Å²) in [5.41, 5.74) is 1.81. The number of anilines is 1. The number of carbonyl (C=O) groups excluding carboxylic acids is 1. The van der Waals surface area contributed by atoms with Gasteiger partial charge in [-0.3, -0.25) is 13.9 Å². The first-order valence-corrected chi connectivity index (χ1v) is 10.8. The number of hydrogen-bond donors (Lipinski definition) is 1. The number of benzene rings is 2. The summed E-state index contributed by atoms with van der Waals surface area (Å²) in [4.78, 5) is 25.2. The lowest BCUT2D eigenvalue weighted by atomic mass is 10.2. The Morgan fingerprint density at radius 3 is 2.45 bits per heavy atom. The Morgan fingerprint density at radius 2 is 1.72 bits per heavy atom. The molecule has 1 saturated heterocycles. The van der Waals surface area contributed by atoms with Gasteiger partial charge in [0.25, 0.3) is 0 Å². The fraction of sp³-hybridized carbons (Fsp3) is 0.300. The average Bonchev–Trinajstić information content (AvgIpc) is 3.30. The average molecular weight is 414 g/mol. The van der Waals surface area contributed by atoms with E-state index < -0.39 is 16.1 Å². The van der Waals surface area contributed by atoms with Gasteiger partial charge >= 0.3 is 5.69 Å². The molecule has 0 bridgehead atoms. The molecule has 2 heterocycles. The van der Waals surface area contributed by atoms with Crippen LogP contribution in [0, 0.1) is 0 Å². The van der Waals surface area contributed by atoms with E-state index >= 15 is 0 Å². The molecule has 0 radical (unpaired) electrons. The van der Waals surface area contributed by atoms with Crippen molar-refractivity contribution >= 4 is 32.7 Å². The van der Waals surface area contributed by atoms with E-state index in [9.17, 15) is 18.0 Å². The molecule has 1 aliphatic heterocycles. The van der Waals surface area contributed by atoms with Gasteiger partial charge in [0.2, 0.25) is 15.9 Å². The van der Waals surface area contributed by atoms with Crippen molar-refractivity contribution in [1.82, 2.24) is 13.4 Å². The Morgan fingerprint density at radius 1 is 1.03 bits per heavy atom. The molecule has 4 rings (SSSR count). The van der Waals surface area contributed by atoms with Gasteiger partial charge in [-0.1, -0.05) is 18.2 Å². The number of amides is 1. The predicted octanol–water partition coefficient (Wildman–Crippen LogP) is 1.67. The van der Waals surface area contributed by atoms with E-state index in [4.69, 9.17) is 0 Å². The summed E-state index contributed by atoms with van der Waals surface area (Å²) < 4.78 is 30.2. The van der Waals surface area contributed by atoms with Crippen LogP contribution < -0.4 is 11.0 Å². The first kappa shape index (κ1) is 19.4. The Balaban J connectivity index is 1.60. The van der Waals surface area contributed by atoms with Crippen LogP contribution in [0.15, 0.2) is 58.2 Å². The first-order valence-electron chi connectivity index (χ1n) is 9.34. The molecule has 1 fully saturated rings. The Kier molecular flexibility index (Phi) is 4.79. The molecular weight excluding hydrogens is 392 g/mol. The quantitative estimate of drug-likeness (QED) is 0.703. The minimum absolute atomic E-state index is 0.153. The van der Waals surface area contributed by atoms with Crippen molar-refractivity contribution in [2.75, 3.05) is 11.9 Å². The second-order valence-electron chi connectivity index (χ2n) is 7.18. The van der Waals surface area contributed by atoms with E-state index in [1.165, 1.54) is 25.6 Å². The topological polar surface area (TPSA) is 93.4 Å². The molecule has 1 aliphatic rings. The zero-order valence-corrected chi connectivity index (χ0v) is 17.0. The Hall–Kier alpha value is -2.91. The van der Waals surface area contributed by atoms with E-state index in [1.54, 1.807) is 50.5 Å². The van der Waals surface area contributed by atoms with Crippen molar-refractivity contribution in [2.45, 2.75) is 23.8 Å². The van der Waals surface area contributed by atoms with Gasteiger partial charge in [0.15, 0.2) is 0 Å². The summed E-state index contributed by atoms with van der Waals surface area (Å²) >= 11 is 0. The summed E-state index contributed by atoms with van der Waals surface area (Å²) in [6.07, 6.45) is 1.08. The predicted molar refractivity (Wildman–Crippen MR) is 110 cm³/mol. The number of carbonyl (C=O) groups is 1. The highest BCUT2D eigenvalue weighted by atomic mass is 32.2. The number of nitrogens with zero attached hydrogens (tertiary/aromatic N) is 3. The summed E-state index contributed by atoms with van der Waals surface area (Å²) in [5.74, 6) is -0.373. The minimum atomic E-state index is -3.75. The molecule has 1 unspecified atom stereocenters. The summed E-state index contributed by atoms with van der Waals surface area (Å²) in [6, 6.07) is 12.6. The number of rotatable bonds is 4. The zero-order valence-electron chi connectivity index (χ0n) is 16.2. The second-order valence-corrected chi connectivity index (χ2v) is 9.07. The van der Waals surface area contributed by atoms with Gasteiger partial charge in [-0.25, -0.2) is 13.2 Å². The molecule has 0 spiro atoms. The summed E-state index contributed by atoms with van der Waals surface area (Å²) in [6.45, 7) is 0.307. The minimum Gasteiger partial charge on any atom is -0.325 e. The monoisotopic (exact) mass is 414 g/mol. The van der Waals surface area contributed by atoms with Gasteiger partial charge in [-0.15, -0.1) is 0 Å².